The summed E-state index contributed by atoms with van der Waals surface area (Å²) < 4.78 is 33.8. The number of carbonyl (C=O) groups excluding carboxylic acids is 1. The quantitative estimate of drug-likeness (QED) is 0.709. The number of halogens is 2. The van der Waals surface area contributed by atoms with E-state index in [1.54, 1.807) is 30.2 Å². The van der Waals surface area contributed by atoms with Crippen LogP contribution in [0.25, 0.3) is 6.08 Å². The van der Waals surface area contributed by atoms with Crippen LogP contribution in [0.2, 0.25) is 0 Å². The van der Waals surface area contributed by atoms with Crippen LogP contribution in [-0.4, -0.2) is 50.7 Å². The van der Waals surface area contributed by atoms with E-state index in [2.05, 4.69) is 9.64 Å². The summed E-state index contributed by atoms with van der Waals surface area (Å²) in [5, 5.41) is 0. The van der Waals surface area contributed by atoms with Gasteiger partial charge in [-0.25, -0.2) is 0 Å². The molecule has 1 aliphatic rings. The molecule has 148 valence electrons. The van der Waals surface area contributed by atoms with Crippen molar-refractivity contribution in [3.63, 3.8) is 0 Å². The molecule has 0 saturated carbocycles. The molecule has 1 fully saturated rings. The largest absolute Gasteiger partial charge is 0.497 e. The van der Waals surface area contributed by atoms with Gasteiger partial charge in [-0.05, 0) is 48.0 Å². The van der Waals surface area contributed by atoms with Crippen LogP contribution in [0.1, 0.15) is 5.56 Å². The van der Waals surface area contributed by atoms with E-state index in [1.165, 1.54) is 18.2 Å². The molecule has 0 unspecified atom stereocenters. The van der Waals surface area contributed by atoms with Crippen LogP contribution < -0.4 is 14.4 Å². The normalized spacial score (nSPS) is 14.6. The number of nitrogens with zero attached hydrogens (tertiary/aromatic N) is 2. The molecule has 1 saturated heterocycles. The molecular weight excluding hydrogens is 366 g/mol. The van der Waals surface area contributed by atoms with E-state index in [4.69, 9.17) is 4.74 Å². The minimum atomic E-state index is -2.85. The van der Waals surface area contributed by atoms with Gasteiger partial charge in [-0.3, -0.25) is 4.79 Å². The highest BCUT2D eigenvalue weighted by atomic mass is 19.3. The summed E-state index contributed by atoms with van der Waals surface area (Å²) in [7, 11) is 1.64. The lowest BCUT2D eigenvalue weighted by Crippen LogP contribution is -2.48. The van der Waals surface area contributed by atoms with Gasteiger partial charge < -0.3 is 19.3 Å². The van der Waals surface area contributed by atoms with Crippen LogP contribution in [0.3, 0.4) is 0 Å². The molecule has 0 bridgehead atoms. The van der Waals surface area contributed by atoms with E-state index in [0.717, 1.165) is 30.1 Å². The summed E-state index contributed by atoms with van der Waals surface area (Å²) in [5.41, 5.74) is 1.85. The molecule has 1 heterocycles. The van der Waals surface area contributed by atoms with Crippen LogP contribution in [0, 0.1) is 0 Å². The van der Waals surface area contributed by atoms with Gasteiger partial charge in [0.05, 0.1) is 7.11 Å². The van der Waals surface area contributed by atoms with Crippen LogP contribution in [-0.2, 0) is 4.79 Å². The highest BCUT2D eigenvalue weighted by Crippen LogP contribution is 2.21. The lowest BCUT2D eigenvalue weighted by atomic mass is 10.2. The molecule has 0 radical (unpaired) electrons. The van der Waals surface area contributed by atoms with Gasteiger partial charge in [0.25, 0.3) is 0 Å². The smallest absolute Gasteiger partial charge is 0.387 e. The predicted octanol–water partition coefficient (Wildman–Crippen LogP) is 3.66. The standard InChI is InChI=1S/C21H22F2N2O3/c1-27-18-9-5-17(6-10-18)24-12-14-25(15-13-24)20(26)11-4-16-2-7-19(8-3-16)28-21(22)23/h2-11,21H,12-15H2,1H3. The zero-order valence-corrected chi connectivity index (χ0v) is 15.6. The Morgan fingerprint density at radius 3 is 2.14 bits per heavy atom. The molecule has 28 heavy (non-hydrogen) atoms. The zero-order valence-electron chi connectivity index (χ0n) is 15.6. The third-order valence-corrected chi connectivity index (χ3v) is 4.55. The molecule has 7 heteroatoms. The van der Waals surface area contributed by atoms with E-state index in [0.29, 0.717) is 13.1 Å². The maximum absolute atomic E-state index is 12.4. The maximum Gasteiger partial charge on any atom is 0.387 e. The maximum atomic E-state index is 12.4. The summed E-state index contributed by atoms with van der Waals surface area (Å²) in [4.78, 5) is 16.4. The summed E-state index contributed by atoms with van der Waals surface area (Å²) in [6.07, 6.45) is 3.18. The average Bonchev–Trinajstić information content (AvgIpc) is 2.73. The van der Waals surface area contributed by atoms with Crippen molar-refractivity contribution in [1.29, 1.82) is 0 Å². The van der Waals surface area contributed by atoms with Crippen molar-refractivity contribution < 1.29 is 23.0 Å². The third kappa shape index (κ3) is 5.22. The second-order valence-corrected chi connectivity index (χ2v) is 6.29. The first-order chi connectivity index (χ1) is 13.5. The predicted molar refractivity (Wildman–Crippen MR) is 104 cm³/mol. The SMILES string of the molecule is COc1ccc(N2CCN(C(=O)C=Cc3ccc(OC(F)F)cc3)CC2)cc1. The monoisotopic (exact) mass is 388 g/mol. The highest BCUT2D eigenvalue weighted by Gasteiger charge is 2.19. The second kappa shape index (κ2) is 9.21. The molecule has 1 aliphatic heterocycles. The lowest BCUT2D eigenvalue weighted by molar-refractivity contribution is -0.126. The Bertz CT molecular complexity index is 799. The van der Waals surface area contributed by atoms with Gasteiger partial charge in [0.15, 0.2) is 0 Å². The van der Waals surface area contributed by atoms with Crippen molar-refractivity contribution in [3.8, 4) is 11.5 Å². The first-order valence-electron chi connectivity index (χ1n) is 8.96. The van der Waals surface area contributed by atoms with Crippen molar-refractivity contribution in [3.05, 3.63) is 60.2 Å². The number of methoxy groups -OCH3 is 1. The second-order valence-electron chi connectivity index (χ2n) is 6.29. The molecular formula is C21H22F2N2O3. The van der Waals surface area contributed by atoms with Crippen molar-refractivity contribution in [1.82, 2.24) is 4.90 Å². The van der Waals surface area contributed by atoms with Gasteiger partial charge in [-0.2, -0.15) is 8.78 Å². The number of amides is 1. The molecule has 1 amide bonds. The number of anilines is 1. The number of hydrogen-bond donors (Lipinski definition) is 0. The Hall–Kier alpha value is -3.09. The number of piperazine rings is 1. The van der Waals surface area contributed by atoms with Gasteiger partial charge in [0, 0.05) is 37.9 Å². The van der Waals surface area contributed by atoms with Crippen LogP contribution in [0.15, 0.2) is 54.6 Å². The van der Waals surface area contributed by atoms with Crippen molar-refractivity contribution in [2.24, 2.45) is 0 Å². The number of carbonyl (C=O) groups is 1. The molecule has 0 aromatic heterocycles. The first-order valence-corrected chi connectivity index (χ1v) is 8.96. The van der Waals surface area contributed by atoms with Crippen LogP contribution in [0.4, 0.5) is 14.5 Å². The Morgan fingerprint density at radius 2 is 1.57 bits per heavy atom. The molecule has 0 spiro atoms. The number of benzene rings is 2. The van der Waals surface area contributed by atoms with Gasteiger partial charge >= 0.3 is 6.61 Å². The third-order valence-electron chi connectivity index (χ3n) is 4.55. The molecule has 5 nitrogen and oxygen atoms in total. The Morgan fingerprint density at radius 1 is 0.964 bits per heavy atom. The van der Waals surface area contributed by atoms with Gasteiger partial charge in [0.2, 0.25) is 5.91 Å². The van der Waals surface area contributed by atoms with Gasteiger partial charge in [-0.1, -0.05) is 12.1 Å². The molecule has 0 atom stereocenters. The number of ether oxygens (including phenoxy) is 2. The molecule has 2 aromatic rings. The minimum Gasteiger partial charge on any atom is -0.497 e. The summed E-state index contributed by atoms with van der Waals surface area (Å²) in [5.74, 6) is 0.840. The first kappa shape index (κ1) is 19.7. The lowest BCUT2D eigenvalue weighted by Gasteiger charge is -2.35. The van der Waals surface area contributed by atoms with E-state index >= 15 is 0 Å². The molecule has 0 N–H and O–H groups in total. The number of rotatable bonds is 6. The average molecular weight is 388 g/mol. The van der Waals surface area contributed by atoms with E-state index in [-0.39, 0.29) is 11.7 Å². The van der Waals surface area contributed by atoms with Crippen molar-refractivity contribution in [2.45, 2.75) is 6.61 Å². The molecule has 0 aliphatic carbocycles. The zero-order chi connectivity index (χ0) is 19.9. The molecule has 3 rings (SSSR count). The highest BCUT2D eigenvalue weighted by molar-refractivity contribution is 5.92. The fourth-order valence-electron chi connectivity index (χ4n) is 3.01. The Balaban J connectivity index is 1.51. The Labute approximate surface area is 162 Å². The fourth-order valence-corrected chi connectivity index (χ4v) is 3.01. The summed E-state index contributed by atoms with van der Waals surface area (Å²) in [6.45, 7) is -0.0660. The van der Waals surface area contributed by atoms with Crippen LogP contribution in [0.5, 0.6) is 11.5 Å². The van der Waals surface area contributed by atoms with Gasteiger partial charge in [-0.15, -0.1) is 0 Å². The minimum absolute atomic E-state index is 0.0673. The number of hydrogen-bond acceptors (Lipinski definition) is 4. The van der Waals surface area contributed by atoms with E-state index in [1.807, 2.05) is 24.3 Å². The van der Waals surface area contributed by atoms with Crippen LogP contribution >= 0.6 is 0 Å². The van der Waals surface area contributed by atoms with E-state index < -0.39 is 6.61 Å². The fraction of sp³-hybridized carbons (Fsp3) is 0.286. The number of alkyl halides is 2. The summed E-state index contributed by atoms with van der Waals surface area (Å²) >= 11 is 0. The molecule has 2 aromatic carbocycles. The van der Waals surface area contributed by atoms with Gasteiger partial charge in [0.1, 0.15) is 11.5 Å². The summed E-state index contributed by atoms with van der Waals surface area (Å²) in [6, 6.07) is 14.0. The van der Waals surface area contributed by atoms with Crippen molar-refractivity contribution in [2.75, 3.05) is 38.2 Å². The van der Waals surface area contributed by atoms with E-state index in [9.17, 15) is 13.6 Å². The van der Waals surface area contributed by atoms with Crippen molar-refractivity contribution >= 4 is 17.7 Å². The Kier molecular flexibility index (Phi) is 6.47. The topological polar surface area (TPSA) is 42.0 Å².